The second kappa shape index (κ2) is 5.90. The number of nitrogens with one attached hydrogen (secondary N) is 1. The molecule has 2 heterocycles. The summed E-state index contributed by atoms with van der Waals surface area (Å²) in [6, 6.07) is 8.71. The zero-order valence-electron chi connectivity index (χ0n) is 13.2. The van der Waals surface area contributed by atoms with Crippen LogP contribution in [-0.2, 0) is 26.7 Å². The van der Waals surface area contributed by atoms with E-state index < -0.39 is 0 Å². The number of fused-ring (bicyclic) bond motifs is 1. The summed E-state index contributed by atoms with van der Waals surface area (Å²) in [5, 5.41) is 8.14. The van der Waals surface area contributed by atoms with Gasteiger partial charge >= 0.3 is 0 Å². The molecule has 0 spiro atoms. The lowest BCUT2D eigenvalue weighted by atomic mass is 10.1. The molecular weight excluding hydrogens is 260 g/mol. The summed E-state index contributed by atoms with van der Waals surface area (Å²) in [6.45, 7) is 8.21. The molecule has 4 heteroatoms. The Balaban J connectivity index is 1.86. The largest absolute Gasteiger partial charge is 0.348 e. The van der Waals surface area contributed by atoms with Crippen molar-refractivity contribution in [2.24, 2.45) is 7.05 Å². The van der Waals surface area contributed by atoms with Gasteiger partial charge in [0.25, 0.3) is 0 Å². The number of aryl methyl sites for hydroxylation is 2. The normalized spacial score (nSPS) is 13.8. The van der Waals surface area contributed by atoms with Crippen LogP contribution < -0.4 is 10.2 Å². The van der Waals surface area contributed by atoms with Crippen LogP contribution in [0.25, 0.3) is 0 Å². The van der Waals surface area contributed by atoms with Crippen molar-refractivity contribution in [1.29, 1.82) is 0 Å². The van der Waals surface area contributed by atoms with E-state index in [1.807, 2.05) is 4.68 Å². The first kappa shape index (κ1) is 14.1. The topological polar surface area (TPSA) is 33.1 Å². The van der Waals surface area contributed by atoms with Gasteiger partial charge in [-0.05, 0) is 31.0 Å². The Bertz CT molecular complexity index is 605. The summed E-state index contributed by atoms with van der Waals surface area (Å²) in [5.74, 6) is 1.26. The van der Waals surface area contributed by atoms with Crippen LogP contribution >= 0.6 is 0 Å². The number of hydrogen-bond acceptors (Lipinski definition) is 3. The van der Waals surface area contributed by atoms with Gasteiger partial charge in [0, 0.05) is 32.2 Å². The minimum atomic E-state index is 0.899. The van der Waals surface area contributed by atoms with Crippen LogP contribution in [0.2, 0.25) is 0 Å². The van der Waals surface area contributed by atoms with E-state index in [0.717, 1.165) is 38.3 Å². The van der Waals surface area contributed by atoms with E-state index in [4.69, 9.17) is 0 Å². The average Bonchev–Trinajstić information content (AvgIpc) is 3.00. The monoisotopic (exact) mass is 284 g/mol. The second-order valence-corrected chi connectivity index (χ2v) is 5.81. The lowest BCUT2D eigenvalue weighted by Crippen LogP contribution is -2.22. The highest BCUT2D eigenvalue weighted by atomic mass is 15.4. The zero-order valence-corrected chi connectivity index (χ0v) is 13.2. The molecule has 1 aromatic heterocycles. The minimum Gasteiger partial charge on any atom is -0.348 e. The van der Waals surface area contributed by atoms with Gasteiger partial charge in [-0.1, -0.05) is 31.2 Å². The van der Waals surface area contributed by atoms with Crippen LogP contribution in [0.1, 0.15) is 35.7 Å². The van der Waals surface area contributed by atoms with Crippen molar-refractivity contribution in [3.63, 3.8) is 0 Å². The zero-order chi connectivity index (χ0) is 14.8. The van der Waals surface area contributed by atoms with Crippen LogP contribution in [-0.4, -0.2) is 16.3 Å². The summed E-state index contributed by atoms with van der Waals surface area (Å²) in [4.78, 5) is 2.44. The molecule has 0 amide bonds. The standard InChI is InChI=1S/C17H24N4/c1-4-9-18-10-16-13(2)19-20(3)17(16)21-11-14-7-5-6-8-15(14)12-21/h5-8,18H,4,9-12H2,1-3H3. The maximum absolute atomic E-state index is 4.63. The fraction of sp³-hybridized carbons (Fsp3) is 0.471. The van der Waals surface area contributed by atoms with Crippen LogP contribution in [0, 0.1) is 6.92 Å². The fourth-order valence-electron chi connectivity index (χ4n) is 3.17. The fourth-order valence-corrected chi connectivity index (χ4v) is 3.17. The van der Waals surface area contributed by atoms with Crippen LogP contribution in [0.5, 0.6) is 0 Å². The van der Waals surface area contributed by atoms with Crippen molar-refractivity contribution in [2.45, 2.75) is 39.9 Å². The van der Waals surface area contributed by atoms with Gasteiger partial charge in [-0.3, -0.25) is 4.68 Å². The summed E-state index contributed by atoms with van der Waals surface area (Å²) >= 11 is 0. The highest BCUT2D eigenvalue weighted by molar-refractivity contribution is 5.54. The quantitative estimate of drug-likeness (QED) is 0.857. The molecule has 1 aliphatic rings. The molecule has 1 N–H and O–H groups in total. The van der Waals surface area contributed by atoms with Crippen molar-refractivity contribution in [3.8, 4) is 0 Å². The Morgan fingerprint density at radius 1 is 1.19 bits per heavy atom. The molecule has 21 heavy (non-hydrogen) atoms. The third-order valence-electron chi connectivity index (χ3n) is 4.18. The van der Waals surface area contributed by atoms with E-state index in [9.17, 15) is 0 Å². The maximum Gasteiger partial charge on any atom is 0.131 e. The highest BCUT2D eigenvalue weighted by Gasteiger charge is 2.24. The third-order valence-corrected chi connectivity index (χ3v) is 4.18. The number of benzene rings is 1. The third kappa shape index (κ3) is 2.68. The van der Waals surface area contributed by atoms with Gasteiger partial charge in [0.15, 0.2) is 0 Å². The average molecular weight is 284 g/mol. The van der Waals surface area contributed by atoms with E-state index in [1.165, 1.54) is 22.5 Å². The first-order valence-corrected chi connectivity index (χ1v) is 7.75. The van der Waals surface area contributed by atoms with Crippen molar-refractivity contribution < 1.29 is 0 Å². The minimum absolute atomic E-state index is 0.899. The molecule has 2 aromatic rings. The van der Waals surface area contributed by atoms with E-state index in [1.54, 1.807) is 0 Å². The molecule has 0 atom stereocenters. The molecule has 3 rings (SSSR count). The first-order chi connectivity index (χ1) is 10.2. The lowest BCUT2D eigenvalue weighted by molar-refractivity contribution is 0.667. The van der Waals surface area contributed by atoms with E-state index in [2.05, 4.69) is 60.5 Å². The number of nitrogens with zero attached hydrogens (tertiary/aromatic N) is 3. The highest BCUT2D eigenvalue weighted by Crippen LogP contribution is 2.31. The second-order valence-electron chi connectivity index (χ2n) is 5.81. The Kier molecular flexibility index (Phi) is 3.97. The molecule has 112 valence electrons. The van der Waals surface area contributed by atoms with Gasteiger partial charge in [0.2, 0.25) is 0 Å². The Labute approximate surface area is 126 Å². The summed E-state index contributed by atoms with van der Waals surface area (Å²) < 4.78 is 2.03. The molecule has 0 fully saturated rings. The molecule has 1 aliphatic heterocycles. The van der Waals surface area contributed by atoms with Gasteiger partial charge < -0.3 is 10.2 Å². The van der Waals surface area contributed by atoms with Crippen molar-refractivity contribution in [1.82, 2.24) is 15.1 Å². The lowest BCUT2D eigenvalue weighted by Gasteiger charge is -2.20. The number of rotatable bonds is 5. The molecule has 1 aromatic carbocycles. The molecule has 0 aliphatic carbocycles. The van der Waals surface area contributed by atoms with Gasteiger partial charge in [-0.25, -0.2) is 0 Å². The van der Waals surface area contributed by atoms with Crippen molar-refractivity contribution >= 4 is 5.82 Å². The first-order valence-electron chi connectivity index (χ1n) is 7.75. The number of anilines is 1. The number of hydrogen-bond donors (Lipinski definition) is 1. The van der Waals surface area contributed by atoms with Crippen molar-refractivity contribution in [3.05, 3.63) is 46.6 Å². The van der Waals surface area contributed by atoms with E-state index in [0.29, 0.717) is 0 Å². The summed E-state index contributed by atoms with van der Waals surface area (Å²) in [7, 11) is 2.05. The number of aromatic nitrogens is 2. The van der Waals surface area contributed by atoms with Gasteiger partial charge in [-0.2, -0.15) is 5.10 Å². The van der Waals surface area contributed by atoms with Crippen LogP contribution in [0.3, 0.4) is 0 Å². The predicted octanol–water partition coefficient (Wildman–Crippen LogP) is 2.75. The Morgan fingerprint density at radius 3 is 2.48 bits per heavy atom. The van der Waals surface area contributed by atoms with Crippen molar-refractivity contribution in [2.75, 3.05) is 11.4 Å². The van der Waals surface area contributed by atoms with Crippen LogP contribution in [0.4, 0.5) is 5.82 Å². The maximum atomic E-state index is 4.63. The smallest absolute Gasteiger partial charge is 0.131 e. The summed E-state index contributed by atoms with van der Waals surface area (Å²) in [6.07, 6.45) is 1.16. The molecule has 4 nitrogen and oxygen atoms in total. The molecule has 0 saturated heterocycles. The molecule has 0 radical (unpaired) electrons. The Hall–Kier alpha value is -1.81. The van der Waals surface area contributed by atoms with Gasteiger partial charge in [0.05, 0.1) is 5.69 Å². The Morgan fingerprint density at radius 2 is 1.86 bits per heavy atom. The molecule has 0 saturated carbocycles. The van der Waals surface area contributed by atoms with Crippen LogP contribution in [0.15, 0.2) is 24.3 Å². The predicted molar refractivity (Wildman–Crippen MR) is 86.3 cm³/mol. The summed E-state index contributed by atoms with van der Waals surface area (Å²) in [5.41, 5.74) is 5.33. The van der Waals surface area contributed by atoms with E-state index in [-0.39, 0.29) is 0 Å². The molecule has 0 bridgehead atoms. The van der Waals surface area contributed by atoms with Gasteiger partial charge in [-0.15, -0.1) is 0 Å². The molecule has 0 unspecified atom stereocenters. The van der Waals surface area contributed by atoms with E-state index >= 15 is 0 Å². The molecular formula is C17H24N4. The van der Waals surface area contributed by atoms with Gasteiger partial charge in [0.1, 0.15) is 5.82 Å². The SMILES string of the molecule is CCCNCc1c(C)nn(C)c1N1Cc2ccccc2C1.